The predicted octanol–water partition coefficient (Wildman–Crippen LogP) is 2.99. The van der Waals surface area contributed by atoms with Gasteiger partial charge in [-0.1, -0.05) is 19.3 Å². The molecule has 1 heterocycles. The van der Waals surface area contributed by atoms with E-state index in [9.17, 15) is 9.59 Å². The summed E-state index contributed by atoms with van der Waals surface area (Å²) in [6, 6.07) is 8.28. The highest BCUT2D eigenvalue weighted by Gasteiger charge is 2.22. The summed E-state index contributed by atoms with van der Waals surface area (Å²) in [5.74, 6) is 0.697. The fraction of sp³-hybridized carbons (Fsp3) is 0.619. The van der Waals surface area contributed by atoms with Crippen molar-refractivity contribution in [2.24, 2.45) is 0 Å². The van der Waals surface area contributed by atoms with Crippen LogP contribution in [0.4, 0.5) is 11.4 Å². The Morgan fingerprint density at radius 1 is 1.11 bits per heavy atom. The largest absolute Gasteiger partial charge is 0.378 e. The molecule has 7 heteroatoms. The highest BCUT2D eigenvalue weighted by Crippen LogP contribution is 2.22. The molecule has 1 aliphatic heterocycles. The molecule has 0 bridgehead atoms. The Morgan fingerprint density at radius 3 is 2.46 bits per heavy atom. The molecule has 28 heavy (non-hydrogen) atoms. The third-order valence-corrected chi connectivity index (χ3v) is 6.42. The normalized spacial score (nSPS) is 18.0. The molecule has 2 aliphatic rings. The quantitative estimate of drug-likeness (QED) is 0.756. The first-order valence-electron chi connectivity index (χ1n) is 10.2. The third kappa shape index (κ3) is 6.14. The number of anilines is 2. The van der Waals surface area contributed by atoms with Gasteiger partial charge in [-0.3, -0.25) is 9.59 Å². The molecule has 1 aromatic rings. The second-order valence-corrected chi connectivity index (χ2v) is 8.47. The van der Waals surface area contributed by atoms with Gasteiger partial charge < -0.3 is 19.9 Å². The predicted molar refractivity (Wildman–Crippen MR) is 115 cm³/mol. The number of rotatable bonds is 7. The second-order valence-electron chi connectivity index (χ2n) is 7.48. The van der Waals surface area contributed by atoms with Crippen LogP contribution in [0, 0.1) is 0 Å². The van der Waals surface area contributed by atoms with Gasteiger partial charge in [-0.15, -0.1) is 11.8 Å². The average molecular weight is 406 g/mol. The first-order valence-corrected chi connectivity index (χ1v) is 11.3. The van der Waals surface area contributed by atoms with Crippen LogP contribution in [-0.2, 0) is 14.3 Å². The molecule has 1 N–H and O–H groups in total. The summed E-state index contributed by atoms with van der Waals surface area (Å²) in [4.78, 5) is 28.7. The van der Waals surface area contributed by atoms with E-state index in [-0.39, 0.29) is 17.6 Å². The van der Waals surface area contributed by atoms with E-state index < -0.39 is 0 Å². The number of benzene rings is 1. The van der Waals surface area contributed by atoms with E-state index >= 15 is 0 Å². The highest BCUT2D eigenvalue weighted by molar-refractivity contribution is 8.00. The summed E-state index contributed by atoms with van der Waals surface area (Å²) in [6.45, 7) is 3.30. The van der Waals surface area contributed by atoms with Gasteiger partial charge in [0.05, 0.1) is 24.7 Å². The minimum absolute atomic E-state index is 0.0720. The van der Waals surface area contributed by atoms with E-state index in [0.717, 1.165) is 50.5 Å². The van der Waals surface area contributed by atoms with Crippen molar-refractivity contribution < 1.29 is 14.3 Å². The summed E-state index contributed by atoms with van der Waals surface area (Å²) in [5, 5.41) is 2.91. The van der Waals surface area contributed by atoms with Crippen molar-refractivity contribution >= 4 is 35.0 Å². The molecule has 6 nitrogen and oxygen atoms in total. The Hall–Kier alpha value is -1.73. The summed E-state index contributed by atoms with van der Waals surface area (Å²) < 4.78 is 5.37. The van der Waals surface area contributed by atoms with Crippen LogP contribution in [0.3, 0.4) is 0 Å². The van der Waals surface area contributed by atoms with Crippen LogP contribution in [0.5, 0.6) is 0 Å². The van der Waals surface area contributed by atoms with Gasteiger partial charge in [0, 0.05) is 37.6 Å². The van der Waals surface area contributed by atoms with Crippen LogP contribution in [0.25, 0.3) is 0 Å². The number of hydrogen-bond acceptors (Lipinski definition) is 5. The molecule has 0 unspecified atom stereocenters. The Morgan fingerprint density at radius 2 is 1.79 bits per heavy atom. The zero-order valence-electron chi connectivity index (χ0n) is 16.7. The number of nitrogens with one attached hydrogen (secondary N) is 1. The number of thioether (sulfide) groups is 1. The molecule has 1 aliphatic carbocycles. The summed E-state index contributed by atoms with van der Waals surface area (Å²) in [7, 11) is 1.90. The maximum absolute atomic E-state index is 12.3. The highest BCUT2D eigenvalue weighted by atomic mass is 32.2. The van der Waals surface area contributed by atoms with Gasteiger partial charge in [0.2, 0.25) is 11.8 Å². The SMILES string of the molecule is CN(C(=O)CSCC(=O)Nc1ccc(N2CCOCC2)cc1)C1CCCCC1. The van der Waals surface area contributed by atoms with Gasteiger partial charge in [-0.2, -0.15) is 0 Å². The first-order chi connectivity index (χ1) is 13.6. The molecule has 1 saturated carbocycles. The van der Waals surface area contributed by atoms with Crippen LogP contribution in [0.2, 0.25) is 0 Å². The van der Waals surface area contributed by atoms with E-state index in [0.29, 0.717) is 11.8 Å². The second kappa shape index (κ2) is 10.7. The van der Waals surface area contributed by atoms with Gasteiger partial charge in [0.1, 0.15) is 0 Å². The van der Waals surface area contributed by atoms with Crippen molar-refractivity contribution in [1.82, 2.24) is 4.90 Å². The van der Waals surface area contributed by atoms with Crippen LogP contribution in [-0.4, -0.2) is 67.6 Å². The number of carbonyl (C=O) groups excluding carboxylic acids is 2. The van der Waals surface area contributed by atoms with Gasteiger partial charge in [0.15, 0.2) is 0 Å². The maximum Gasteiger partial charge on any atom is 0.234 e. The molecule has 0 spiro atoms. The van der Waals surface area contributed by atoms with Gasteiger partial charge >= 0.3 is 0 Å². The number of nitrogens with zero attached hydrogens (tertiary/aromatic N) is 2. The Balaban J connectivity index is 1.37. The van der Waals surface area contributed by atoms with Gasteiger partial charge in [-0.25, -0.2) is 0 Å². The zero-order valence-corrected chi connectivity index (χ0v) is 17.5. The lowest BCUT2D eigenvalue weighted by molar-refractivity contribution is -0.129. The molecule has 0 aromatic heterocycles. The van der Waals surface area contributed by atoms with Crippen molar-refractivity contribution in [3.8, 4) is 0 Å². The van der Waals surface area contributed by atoms with Crippen LogP contribution in [0.15, 0.2) is 24.3 Å². The third-order valence-electron chi connectivity index (χ3n) is 5.50. The van der Waals surface area contributed by atoms with E-state index in [1.54, 1.807) is 0 Å². The topological polar surface area (TPSA) is 61.9 Å². The number of carbonyl (C=O) groups is 2. The molecular weight excluding hydrogens is 374 g/mol. The summed E-state index contributed by atoms with van der Waals surface area (Å²) in [6.07, 6.45) is 5.91. The number of ether oxygens (including phenoxy) is 1. The summed E-state index contributed by atoms with van der Waals surface area (Å²) in [5.41, 5.74) is 1.93. The number of amides is 2. The van der Waals surface area contributed by atoms with E-state index in [4.69, 9.17) is 4.74 Å². The van der Waals surface area contributed by atoms with Crippen molar-refractivity contribution in [2.75, 3.05) is 55.1 Å². The van der Waals surface area contributed by atoms with Crippen LogP contribution < -0.4 is 10.2 Å². The number of hydrogen-bond donors (Lipinski definition) is 1. The van der Waals surface area contributed by atoms with Crippen molar-refractivity contribution in [1.29, 1.82) is 0 Å². The summed E-state index contributed by atoms with van der Waals surface area (Å²) >= 11 is 1.38. The first kappa shape index (κ1) is 21.0. The minimum Gasteiger partial charge on any atom is -0.378 e. The lowest BCUT2D eigenvalue weighted by Crippen LogP contribution is -2.39. The fourth-order valence-electron chi connectivity index (χ4n) is 3.78. The molecule has 0 atom stereocenters. The van der Waals surface area contributed by atoms with Crippen LogP contribution >= 0.6 is 11.8 Å². The van der Waals surface area contributed by atoms with E-state index in [1.165, 1.54) is 31.0 Å². The average Bonchev–Trinajstić information content (AvgIpc) is 2.75. The molecule has 0 radical (unpaired) electrons. The van der Waals surface area contributed by atoms with E-state index in [2.05, 4.69) is 10.2 Å². The lowest BCUT2D eigenvalue weighted by Gasteiger charge is -2.31. The smallest absolute Gasteiger partial charge is 0.234 e. The molecule has 2 fully saturated rings. The lowest BCUT2D eigenvalue weighted by atomic mass is 9.94. The van der Waals surface area contributed by atoms with Gasteiger partial charge in [-0.05, 0) is 37.1 Å². The standard InChI is InChI=1S/C21H31N3O3S/c1-23(18-5-3-2-4-6-18)21(26)16-28-15-20(25)22-17-7-9-19(10-8-17)24-11-13-27-14-12-24/h7-10,18H,2-6,11-16H2,1H3,(H,22,25). The van der Waals surface area contributed by atoms with Crippen molar-refractivity contribution in [3.63, 3.8) is 0 Å². The fourth-order valence-corrected chi connectivity index (χ4v) is 4.52. The maximum atomic E-state index is 12.3. The number of morpholine rings is 1. The van der Waals surface area contributed by atoms with Gasteiger partial charge in [0.25, 0.3) is 0 Å². The molecule has 1 saturated heterocycles. The van der Waals surface area contributed by atoms with Crippen molar-refractivity contribution in [2.45, 2.75) is 38.1 Å². The monoisotopic (exact) mass is 405 g/mol. The van der Waals surface area contributed by atoms with Crippen LogP contribution in [0.1, 0.15) is 32.1 Å². The Bertz CT molecular complexity index is 641. The Kier molecular flexibility index (Phi) is 8.03. The van der Waals surface area contributed by atoms with Crippen molar-refractivity contribution in [3.05, 3.63) is 24.3 Å². The minimum atomic E-state index is -0.0720. The molecule has 154 valence electrons. The molecule has 3 rings (SSSR count). The molecule has 1 aromatic carbocycles. The van der Waals surface area contributed by atoms with E-state index in [1.807, 2.05) is 36.2 Å². The molecule has 2 amide bonds. The Labute approximate surface area is 172 Å². The zero-order chi connectivity index (χ0) is 19.8. The molecular formula is C21H31N3O3S.